The van der Waals surface area contributed by atoms with Crippen molar-refractivity contribution >= 4 is 33.8 Å². The predicted octanol–water partition coefficient (Wildman–Crippen LogP) is 3.91. The van der Waals surface area contributed by atoms with Gasteiger partial charge in [-0.15, -0.1) is 0 Å². The molecule has 0 bridgehead atoms. The van der Waals surface area contributed by atoms with E-state index in [2.05, 4.69) is 4.74 Å². The zero-order valence-corrected chi connectivity index (χ0v) is 19.7. The highest BCUT2D eigenvalue weighted by molar-refractivity contribution is 8.26. The Balaban J connectivity index is 1.37. The number of amidine groups is 1. The van der Waals surface area contributed by atoms with Crippen molar-refractivity contribution in [1.82, 2.24) is 9.80 Å². The van der Waals surface area contributed by atoms with Crippen LogP contribution in [0.5, 0.6) is 11.5 Å². The minimum atomic E-state index is -2.97. The molecule has 1 heterocycles. The summed E-state index contributed by atoms with van der Waals surface area (Å²) in [7, 11) is 1.47. The van der Waals surface area contributed by atoms with Crippen LogP contribution in [0.4, 0.5) is 8.78 Å². The van der Waals surface area contributed by atoms with Crippen molar-refractivity contribution in [2.75, 3.05) is 26.7 Å². The molecule has 0 radical (unpaired) electrons. The molecule has 1 aliphatic heterocycles. The third-order valence-corrected chi connectivity index (χ3v) is 7.22. The molecule has 2 saturated carbocycles. The van der Waals surface area contributed by atoms with Crippen LogP contribution in [0, 0.1) is 22.7 Å². The highest BCUT2D eigenvalue weighted by Gasteiger charge is 2.34. The number of likely N-dealkylation sites (N-methyl/N-ethyl adjacent to an activating group) is 1. The molecule has 8 nitrogen and oxygen atoms in total. The van der Waals surface area contributed by atoms with Gasteiger partial charge >= 0.3 is 6.61 Å². The molecule has 11 heteroatoms. The van der Waals surface area contributed by atoms with Crippen molar-refractivity contribution in [2.24, 2.45) is 11.8 Å². The molecule has 1 atom stereocenters. The zero-order valence-electron chi connectivity index (χ0n) is 18.9. The van der Waals surface area contributed by atoms with Crippen LogP contribution in [0.25, 0.3) is 0 Å². The highest BCUT2D eigenvalue weighted by Crippen LogP contribution is 2.38. The van der Waals surface area contributed by atoms with Gasteiger partial charge < -0.3 is 14.4 Å². The topological polar surface area (TPSA) is 107 Å². The summed E-state index contributed by atoms with van der Waals surface area (Å²) in [6, 6.07) is 4.72. The van der Waals surface area contributed by atoms with Gasteiger partial charge in [0, 0.05) is 31.8 Å². The molecule has 34 heavy (non-hydrogen) atoms. The van der Waals surface area contributed by atoms with Gasteiger partial charge in [-0.2, -0.15) is 8.78 Å². The van der Waals surface area contributed by atoms with Crippen LogP contribution in [-0.4, -0.2) is 65.2 Å². The number of likely N-dealkylation sites (tertiary alicyclic amines) is 1. The number of halogens is 2. The van der Waals surface area contributed by atoms with E-state index in [-0.39, 0.29) is 47.4 Å². The number of amides is 2. The molecule has 1 aromatic carbocycles. The Kier molecular flexibility index (Phi) is 7.39. The summed E-state index contributed by atoms with van der Waals surface area (Å²) in [6.07, 6.45) is 4.19. The van der Waals surface area contributed by atoms with Gasteiger partial charge in [-0.3, -0.25) is 25.3 Å². The van der Waals surface area contributed by atoms with Crippen molar-refractivity contribution in [3.8, 4) is 11.5 Å². The van der Waals surface area contributed by atoms with E-state index in [1.807, 2.05) is 0 Å². The van der Waals surface area contributed by atoms with E-state index >= 15 is 0 Å². The zero-order chi connectivity index (χ0) is 24.4. The van der Waals surface area contributed by atoms with E-state index in [9.17, 15) is 18.4 Å². The third-order valence-electron chi connectivity index (χ3n) is 6.20. The Morgan fingerprint density at radius 3 is 2.62 bits per heavy atom. The van der Waals surface area contributed by atoms with E-state index in [1.54, 1.807) is 12.1 Å². The van der Waals surface area contributed by atoms with Gasteiger partial charge in [0.25, 0.3) is 0 Å². The lowest BCUT2D eigenvalue weighted by atomic mass is 9.98. The van der Waals surface area contributed by atoms with Crippen LogP contribution < -0.4 is 9.47 Å². The number of rotatable bonds is 9. The van der Waals surface area contributed by atoms with Crippen LogP contribution >= 0.6 is 11.8 Å². The lowest BCUT2D eigenvalue weighted by Crippen LogP contribution is -2.41. The summed E-state index contributed by atoms with van der Waals surface area (Å²) in [4.78, 5) is 27.9. The molecule has 0 spiro atoms. The minimum Gasteiger partial charge on any atom is -0.489 e. The van der Waals surface area contributed by atoms with Crippen LogP contribution in [0.15, 0.2) is 18.2 Å². The highest BCUT2D eigenvalue weighted by atomic mass is 32.2. The van der Waals surface area contributed by atoms with Crippen LogP contribution in [0.2, 0.25) is 0 Å². The average molecular weight is 495 g/mol. The number of thioether (sulfide) groups is 1. The number of carbonyl (C=O) groups excluding carboxylic acids is 2. The van der Waals surface area contributed by atoms with Crippen molar-refractivity contribution in [3.05, 3.63) is 23.8 Å². The second-order valence-corrected chi connectivity index (χ2v) is 10.0. The van der Waals surface area contributed by atoms with Crippen molar-refractivity contribution in [3.63, 3.8) is 0 Å². The van der Waals surface area contributed by atoms with Crippen LogP contribution in [0.3, 0.4) is 0 Å². The fourth-order valence-electron chi connectivity index (χ4n) is 3.71. The second-order valence-electron chi connectivity index (χ2n) is 9.01. The number of nitrogens with one attached hydrogen (secondary N) is 2. The Bertz CT molecular complexity index is 984. The molecule has 0 aromatic heterocycles. The molecule has 1 unspecified atom stereocenters. The van der Waals surface area contributed by atoms with Crippen molar-refractivity contribution in [2.45, 2.75) is 44.6 Å². The molecule has 3 aliphatic rings. The SMILES string of the molecule is CN(C(=N)SC(=N)C1CC1)C(=O)CN1CC(c2ccc(OC(F)F)c(OCC3CC3)c2)CC1=O. The Morgan fingerprint density at radius 1 is 1.24 bits per heavy atom. The summed E-state index contributed by atoms with van der Waals surface area (Å²) in [5.74, 6) is 0.0191. The first kappa shape index (κ1) is 24.4. The average Bonchev–Trinajstić information content (AvgIpc) is 3.71. The van der Waals surface area contributed by atoms with Gasteiger partial charge in [0.05, 0.1) is 11.7 Å². The maximum atomic E-state index is 12.8. The molecule has 3 fully saturated rings. The van der Waals surface area contributed by atoms with E-state index < -0.39 is 12.5 Å². The first-order valence-electron chi connectivity index (χ1n) is 11.3. The van der Waals surface area contributed by atoms with Gasteiger partial charge in [-0.05, 0) is 61.1 Å². The number of ether oxygens (including phenoxy) is 2. The standard InChI is InChI=1S/C23H28F2N4O4S/c1-28(23(27)34-21(26)14-4-5-14)20(31)11-29-10-16(9-19(29)30)15-6-7-17(33-22(24)25)18(8-15)32-12-13-2-3-13/h6-8,13-14,16,22,26-27H,2-5,9-12H2,1H3. The molecular weight excluding hydrogens is 466 g/mol. The smallest absolute Gasteiger partial charge is 0.387 e. The number of alkyl halides is 2. The summed E-state index contributed by atoms with van der Waals surface area (Å²) >= 11 is 0.970. The van der Waals surface area contributed by atoms with Gasteiger partial charge in [0.2, 0.25) is 11.8 Å². The largest absolute Gasteiger partial charge is 0.489 e. The van der Waals surface area contributed by atoms with Crippen LogP contribution in [0.1, 0.15) is 43.6 Å². The molecule has 1 aromatic rings. The molecule has 1 saturated heterocycles. The van der Waals surface area contributed by atoms with Gasteiger partial charge in [0.1, 0.15) is 6.54 Å². The van der Waals surface area contributed by atoms with E-state index in [0.717, 1.165) is 43.0 Å². The third kappa shape index (κ3) is 6.25. The molecule has 2 N–H and O–H groups in total. The van der Waals surface area contributed by atoms with Gasteiger partial charge in [0.15, 0.2) is 16.7 Å². The Labute approximate surface area is 201 Å². The number of carbonyl (C=O) groups is 2. The predicted molar refractivity (Wildman–Crippen MR) is 124 cm³/mol. The molecular formula is C23H28F2N4O4S. The maximum Gasteiger partial charge on any atom is 0.387 e. The lowest BCUT2D eigenvalue weighted by molar-refractivity contribution is -0.135. The Morgan fingerprint density at radius 2 is 1.97 bits per heavy atom. The fourth-order valence-corrected chi connectivity index (χ4v) is 4.56. The number of hydrogen-bond donors (Lipinski definition) is 2. The molecule has 4 rings (SSSR count). The van der Waals surface area contributed by atoms with E-state index in [0.29, 0.717) is 24.1 Å². The van der Waals surface area contributed by atoms with Crippen molar-refractivity contribution < 1.29 is 27.8 Å². The molecule has 2 amide bonds. The maximum absolute atomic E-state index is 12.8. The minimum absolute atomic E-state index is 0.0304. The summed E-state index contributed by atoms with van der Waals surface area (Å²) in [5, 5.41) is 16.4. The first-order chi connectivity index (χ1) is 16.2. The van der Waals surface area contributed by atoms with Crippen LogP contribution in [-0.2, 0) is 9.59 Å². The van der Waals surface area contributed by atoms with Crippen molar-refractivity contribution in [1.29, 1.82) is 10.8 Å². The molecule has 184 valence electrons. The summed E-state index contributed by atoms with van der Waals surface area (Å²) in [5.41, 5.74) is 0.755. The van der Waals surface area contributed by atoms with E-state index in [1.165, 1.54) is 22.9 Å². The fraction of sp³-hybridized carbons (Fsp3) is 0.565. The number of nitrogens with zero attached hydrogens (tertiary/aromatic N) is 2. The number of hydrogen-bond acceptors (Lipinski definition) is 7. The Hall–Kier alpha value is -2.69. The lowest BCUT2D eigenvalue weighted by Gasteiger charge is -2.22. The van der Waals surface area contributed by atoms with Gasteiger partial charge in [-0.25, -0.2) is 0 Å². The summed E-state index contributed by atoms with van der Waals surface area (Å²) in [6.45, 7) is -2.40. The number of benzene rings is 1. The van der Waals surface area contributed by atoms with E-state index in [4.69, 9.17) is 15.6 Å². The monoisotopic (exact) mass is 494 g/mol. The van der Waals surface area contributed by atoms with Gasteiger partial charge in [-0.1, -0.05) is 6.07 Å². The second kappa shape index (κ2) is 10.3. The summed E-state index contributed by atoms with van der Waals surface area (Å²) < 4.78 is 35.9. The molecule has 2 aliphatic carbocycles. The normalized spacial score (nSPS) is 19.9. The first-order valence-corrected chi connectivity index (χ1v) is 12.1. The quantitative estimate of drug-likeness (QED) is 0.400.